The number of hydrogen-bond donors (Lipinski definition) is 0. The zero-order valence-corrected chi connectivity index (χ0v) is 13.6. The van der Waals surface area contributed by atoms with Crippen LogP contribution in [-0.4, -0.2) is 54.0 Å². The number of nitrogens with zero attached hydrogens (tertiary/aromatic N) is 3. The maximum Gasteiger partial charge on any atom is 0.267 e. The molecule has 24 heavy (non-hydrogen) atoms. The summed E-state index contributed by atoms with van der Waals surface area (Å²) in [5.74, 6) is 0.819. The van der Waals surface area contributed by atoms with E-state index in [-0.39, 0.29) is 25.0 Å². The van der Waals surface area contributed by atoms with E-state index in [2.05, 4.69) is 4.98 Å². The Morgan fingerprint density at radius 1 is 1.25 bits per heavy atom. The molecular weight excluding hydrogens is 330 g/mol. The number of para-hydroxylation sites is 2. The summed E-state index contributed by atoms with van der Waals surface area (Å²) >= 11 is 1.41. The molecule has 0 N–H and O–H groups in total. The lowest BCUT2D eigenvalue weighted by Gasteiger charge is -2.35. The molecule has 1 saturated heterocycles. The quantitative estimate of drug-likeness (QED) is 0.817. The zero-order valence-electron chi connectivity index (χ0n) is 12.8. The van der Waals surface area contributed by atoms with Gasteiger partial charge in [0.25, 0.3) is 5.91 Å². The first-order valence-electron chi connectivity index (χ1n) is 7.59. The Bertz CT molecular complexity index is 764. The highest BCUT2D eigenvalue weighted by Gasteiger charge is 2.35. The number of rotatable bonds is 2. The van der Waals surface area contributed by atoms with Crippen LogP contribution in [0.5, 0.6) is 11.5 Å². The number of fused-ring (bicyclic) bond motifs is 1. The number of benzene rings is 1. The van der Waals surface area contributed by atoms with Crippen molar-refractivity contribution in [3.05, 3.63) is 35.8 Å². The van der Waals surface area contributed by atoms with Crippen LogP contribution in [0.2, 0.25) is 0 Å². The number of thiazole rings is 1. The number of aromatic nitrogens is 1. The largest absolute Gasteiger partial charge is 0.485 e. The van der Waals surface area contributed by atoms with Crippen LogP contribution in [0.15, 0.2) is 35.8 Å². The molecule has 1 atom stereocenters. The fourth-order valence-electron chi connectivity index (χ4n) is 2.76. The highest BCUT2D eigenvalue weighted by molar-refractivity contribution is 7.13. The van der Waals surface area contributed by atoms with E-state index in [0.29, 0.717) is 29.7 Å². The van der Waals surface area contributed by atoms with E-state index in [9.17, 15) is 9.59 Å². The van der Waals surface area contributed by atoms with Gasteiger partial charge < -0.3 is 14.4 Å². The van der Waals surface area contributed by atoms with Crippen LogP contribution in [0.1, 0.15) is 0 Å². The number of piperazine rings is 1. The second-order valence-electron chi connectivity index (χ2n) is 5.48. The van der Waals surface area contributed by atoms with Gasteiger partial charge in [-0.25, -0.2) is 4.98 Å². The van der Waals surface area contributed by atoms with Gasteiger partial charge >= 0.3 is 0 Å². The Hall–Kier alpha value is -2.61. The smallest absolute Gasteiger partial charge is 0.267 e. The van der Waals surface area contributed by atoms with E-state index in [4.69, 9.17) is 9.47 Å². The molecular formula is C16H15N3O4S. The Morgan fingerprint density at radius 2 is 2.08 bits per heavy atom. The van der Waals surface area contributed by atoms with Crippen molar-refractivity contribution in [3.63, 3.8) is 0 Å². The van der Waals surface area contributed by atoms with E-state index < -0.39 is 6.10 Å². The molecule has 8 heteroatoms. The predicted molar refractivity (Wildman–Crippen MR) is 87.4 cm³/mol. The SMILES string of the molecule is O=C(C1COc2ccccc2O1)N1CCN(c2nccs2)C(=O)C1. The minimum Gasteiger partial charge on any atom is -0.485 e. The Kier molecular flexibility index (Phi) is 3.81. The van der Waals surface area contributed by atoms with Crippen LogP contribution in [-0.2, 0) is 9.59 Å². The highest BCUT2D eigenvalue weighted by atomic mass is 32.1. The molecule has 1 fully saturated rings. The van der Waals surface area contributed by atoms with E-state index in [1.165, 1.54) is 16.2 Å². The first-order valence-corrected chi connectivity index (χ1v) is 8.47. The summed E-state index contributed by atoms with van der Waals surface area (Å²) in [4.78, 5) is 32.2. The van der Waals surface area contributed by atoms with Crippen LogP contribution in [0, 0.1) is 0 Å². The Labute approximate surface area is 142 Å². The van der Waals surface area contributed by atoms with Gasteiger partial charge in [0, 0.05) is 24.7 Å². The molecule has 124 valence electrons. The van der Waals surface area contributed by atoms with Gasteiger partial charge in [-0.1, -0.05) is 12.1 Å². The van der Waals surface area contributed by atoms with Crippen molar-refractivity contribution in [1.82, 2.24) is 9.88 Å². The second-order valence-corrected chi connectivity index (χ2v) is 6.36. The van der Waals surface area contributed by atoms with Gasteiger partial charge in [-0.2, -0.15) is 0 Å². The molecule has 2 amide bonds. The molecule has 1 unspecified atom stereocenters. The van der Waals surface area contributed by atoms with Crippen molar-refractivity contribution in [3.8, 4) is 11.5 Å². The molecule has 0 spiro atoms. The molecule has 4 rings (SSSR count). The lowest BCUT2D eigenvalue weighted by molar-refractivity contribution is -0.145. The number of ether oxygens (including phenoxy) is 2. The minimum absolute atomic E-state index is 0.0277. The highest BCUT2D eigenvalue weighted by Crippen LogP contribution is 2.31. The molecule has 3 heterocycles. The van der Waals surface area contributed by atoms with E-state index >= 15 is 0 Å². The van der Waals surface area contributed by atoms with Crippen molar-refractivity contribution in [2.24, 2.45) is 0 Å². The van der Waals surface area contributed by atoms with Gasteiger partial charge in [-0.15, -0.1) is 11.3 Å². The number of amides is 2. The Morgan fingerprint density at radius 3 is 2.83 bits per heavy atom. The standard InChI is InChI=1S/C16H15N3O4S/c20-14-9-18(6-7-19(14)16-17-5-8-24-16)15(21)13-10-22-11-3-1-2-4-12(11)23-13/h1-5,8,13H,6-7,9-10H2. The zero-order chi connectivity index (χ0) is 16.5. The summed E-state index contributed by atoms with van der Waals surface area (Å²) in [6.45, 7) is 1.06. The molecule has 7 nitrogen and oxygen atoms in total. The molecule has 2 aliphatic heterocycles. The van der Waals surface area contributed by atoms with Gasteiger partial charge in [0.05, 0.1) is 0 Å². The number of anilines is 1. The normalized spacial score (nSPS) is 20.2. The fourth-order valence-corrected chi connectivity index (χ4v) is 3.44. The van der Waals surface area contributed by atoms with Crippen LogP contribution in [0.3, 0.4) is 0 Å². The summed E-state index contributed by atoms with van der Waals surface area (Å²) in [6.07, 6.45) is 0.939. The van der Waals surface area contributed by atoms with Gasteiger partial charge in [-0.05, 0) is 12.1 Å². The van der Waals surface area contributed by atoms with Gasteiger partial charge in [0.15, 0.2) is 16.6 Å². The van der Waals surface area contributed by atoms with Crippen LogP contribution in [0.4, 0.5) is 5.13 Å². The van der Waals surface area contributed by atoms with Crippen LogP contribution in [0.25, 0.3) is 0 Å². The number of carbonyl (C=O) groups excluding carboxylic acids is 2. The van der Waals surface area contributed by atoms with Crippen LogP contribution < -0.4 is 14.4 Å². The maximum atomic E-state index is 12.6. The molecule has 1 aromatic heterocycles. The molecule has 2 aromatic rings. The number of carbonyl (C=O) groups is 2. The van der Waals surface area contributed by atoms with Gasteiger partial charge in [-0.3, -0.25) is 14.5 Å². The average molecular weight is 345 g/mol. The number of hydrogen-bond acceptors (Lipinski definition) is 6. The van der Waals surface area contributed by atoms with Crippen molar-refractivity contribution >= 4 is 28.3 Å². The fraction of sp³-hybridized carbons (Fsp3) is 0.312. The monoisotopic (exact) mass is 345 g/mol. The van der Waals surface area contributed by atoms with Gasteiger partial charge in [0.2, 0.25) is 12.0 Å². The summed E-state index contributed by atoms with van der Waals surface area (Å²) in [5, 5.41) is 2.49. The third kappa shape index (κ3) is 2.69. The summed E-state index contributed by atoms with van der Waals surface area (Å²) in [6, 6.07) is 7.24. The maximum absolute atomic E-state index is 12.6. The lowest BCUT2D eigenvalue weighted by atomic mass is 10.2. The summed E-state index contributed by atoms with van der Waals surface area (Å²) in [5.41, 5.74) is 0. The van der Waals surface area contributed by atoms with Gasteiger partial charge in [0.1, 0.15) is 13.2 Å². The summed E-state index contributed by atoms with van der Waals surface area (Å²) in [7, 11) is 0. The molecule has 0 bridgehead atoms. The predicted octanol–water partition coefficient (Wildman–Crippen LogP) is 1.16. The third-order valence-electron chi connectivity index (χ3n) is 3.97. The third-order valence-corrected chi connectivity index (χ3v) is 4.76. The molecule has 2 aliphatic rings. The average Bonchev–Trinajstić information content (AvgIpc) is 3.15. The van der Waals surface area contributed by atoms with E-state index in [0.717, 1.165) is 0 Å². The van der Waals surface area contributed by atoms with Crippen molar-refractivity contribution in [2.45, 2.75) is 6.10 Å². The minimum atomic E-state index is -0.723. The van der Waals surface area contributed by atoms with E-state index in [1.807, 2.05) is 17.5 Å². The van der Waals surface area contributed by atoms with Crippen molar-refractivity contribution < 1.29 is 19.1 Å². The van der Waals surface area contributed by atoms with Crippen molar-refractivity contribution in [1.29, 1.82) is 0 Å². The lowest BCUT2D eigenvalue weighted by Crippen LogP contribution is -2.56. The van der Waals surface area contributed by atoms with Crippen LogP contribution >= 0.6 is 11.3 Å². The molecule has 1 aromatic carbocycles. The summed E-state index contributed by atoms with van der Waals surface area (Å²) < 4.78 is 11.3. The molecule has 0 saturated carbocycles. The topological polar surface area (TPSA) is 72.0 Å². The Balaban J connectivity index is 1.42. The second kappa shape index (κ2) is 6.12. The first-order chi connectivity index (χ1) is 11.7. The van der Waals surface area contributed by atoms with Crippen molar-refractivity contribution in [2.75, 3.05) is 31.1 Å². The molecule has 0 radical (unpaired) electrons. The molecule has 0 aliphatic carbocycles. The first kappa shape index (κ1) is 14.9. The van der Waals surface area contributed by atoms with E-state index in [1.54, 1.807) is 23.2 Å².